The number of hydrogen-bond acceptors (Lipinski definition) is 3. The van der Waals surface area contributed by atoms with E-state index in [-0.39, 0.29) is 17.9 Å². The van der Waals surface area contributed by atoms with E-state index in [1.54, 1.807) is 6.07 Å². The Labute approximate surface area is 136 Å². The van der Waals surface area contributed by atoms with Gasteiger partial charge in [-0.05, 0) is 37.5 Å². The Kier molecular flexibility index (Phi) is 5.89. The zero-order chi connectivity index (χ0) is 16.1. The maximum atomic E-state index is 12.3. The number of carbonyl (C=O) groups excluding carboxylic acids is 2. The minimum atomic E-state index is -0.0790. The van der Waals surface area contributed by atoms with Gasteiger partial charge in [-0.25, -0.2) is 0 Å². The molecule has 4 nitrogen and oxygen atoms in total. The normalized spacial score (nSPS) is 15.2. The van der Waals surface area contributed by atoms with E-state index in [1.165, 1.54) is 18.2 Å². The highest BCUT2D eigenvalue weighted by atomic mass is 32.2. The fraction of sp³-hybridized carbons (Fsp3) is 0.529. The average molecular weight is 320 g/mol. The minimum Gasteiger partial charge on any atom is -0.350 e. The number of carbonyl (C=O) groups is 2. The summed E-state index contributed by atoms with van der Waals surface area (Å²) in [7, 11) is 0. The molecule has 1 aliphatic heterocycles. The van der Waals surface area contributed by atoms with Crippen LogP contribution in [0, 0.1) is 5.92 Å². The largest absolute Gasteiger partial charge is 0.350 e. The maximum absolute atomic E-state index is 12.3. The highest BCUT2D eigenvalue weighted by molar-refractivity contribution is 8.00. The summed E-state index contributed by atoms with van der Waals surface area (Å²) < 4.78 is 0. The molecule has 2 amide bonds. The SMILES string of the molecule is CC(C)CCCC(C)NC(=O)c1ccc2c(c1)NC(=O)CS2. The van der Waals surface area contributed by atoms with Crippen LogP contribution in [-0.2, 0) is 4.79 Å². The van der Waals surface area contributed by atoms with Gasteiger partial charge in [0.2, 0.25) is 5.91 Å². The third kappa shape index (κ3) is 4.77. The van der Waals surface area contributed by atoms with Crippen molar-refractivity contribution in [2.45, 2.75) is 51.0 Å². The lowest BCUT2D eigenvalue weighted by atomic mass is 10.0. The molecule has 0 spiro atoms. The molecule has 0 aromatic heterocycles. The highest BCUT2D eigenvalue weighted by Crippen LogP contribution is 2.31. The van der Waals surface area contributed by atoms with Crippen molar-refractivity contribution in [3.05, 3.63) is 23.8 Å². The standard InChI is InChI=1S/C17H24N2O2S/c1-11(2)5-4-6-12(3)18-17(21)13-7-8-15-14(9-13)19-16(20)10-22-15/h7-9,11-12H,4-6,10H2,1-3H3,(H,18,21)(H,19,20). The molecule has 1 atom stereocenters. The van der Waals surface area contributed by atoms with E-state index in [0.717, 1.165) is 23.4 Å². The number of anilines is 1. The summed E-state index contributed by atoms with van der Waals surface area (Å²) in [6.07, 6.45) is 3.29. The molecule has 5 heteroatoms. The Hall–Kier alpha value is -1.49. The molecule has 1 aliphatic rings. The molecule has 120 valence electrons. The topological polar surface area (TPSA) is 58.2 Å². The molecule has 2 N–H and O–H groups in total. The van der Waals surface area contributed by atoms with E-state index >= 15 is 0 Å². The van der Waals surface area contributed by atoms with Crippen LogP contribution in [0.4, 0.5) is 5.69 Å². The molecule has 0 saturated carbocycles. The molecule has 0 radical (unpaired) electrons. The Bertz CT molecular complexity index is 558. The summed E-state index contributed by atoms with van der Waals surface area (Å²) in [6.45, 7) is 6.46. The van der Waals surface area contributed by atoms with Crippen LogP contribution < -0.4 is 10.6 Å². The fourth-order valence-corrected chi connectivity index (χ4v) is 3.22. The molecule has 1 unspecified atom stereocenters. The average Bonchev–Trinajstić information content (AvgIpc) is 2.45. The molecule has 1 aromatic rings. The van der Waals surface area contributed by atoms with E-state index in [2.05, 4.69) is 24.5 Å². The van der Waals surface area contributed by atoms with Crippen LogP contribution in [-0.4, -0.2) is 23.6 Å². The van der Waals surface area contributed by atoms with Crippen LogP contribution in [0.15, 0.2) is 23.1 Å². The third-order valence-electron chi connectivity index (χ3n) is 3.67. The van der Waals surface area contributed by atoms with Gasteiger partial charge in [0.15, 0.2) is 0 Å². The Morgan fingerprint density at radius 1 is 1.32 bits per heavy atom. The smallest absolute Gasteiger partial charge is 0.251 e. The van der Waals surface area contributed by atoms with Gasteiger partial charge in [0.05, 0.1) is 11.4 Å². The first-order chi connectivity index (χ1) is 10.5. The predicted molar refractivity (Wildman–Crippen MR) is 91.4 cm³/mol. The van der Waals surface area contributed by atoms with Gasteiger partial charge in [-0.15, -0.1) is 11.8 Å². The lowest BCUT2D eigenvalue weighted by Crippen LogP contribution is -2.32. The van der Waals surface area contributed by atoms with Crippen molar-refractivity contribution in [1.29, 1.82) is 0 Å². The maximum Gasteiger partial charge on any atom is 0.251 e. The number of hydrogen-bond donors (Lipinski definition) is 2. The zero-order valence-electron chi connectivity index (χ0n) is 13.4. The first kappa shape index (κ1) is 16.9. The van der Waals surface area contributed by atoms with Gasteiger partial charge in [0.25, 0.3) is 5.91 Å². The Morgan fingerprint density at radius 2 is 2.09 bits per heavy atom. The Balaban J connectivity index is 1.92. The lowest BCUT2D eigenvalue weighted by molar-refractivity contribution is -0.113. The van der Waals surface area contributed by atoms with Crippen molar-refractivity contribution in [2.24, 2.45) is 5.92 Å². The summed E-state index contributed by atoms with van der Waals surface area (Å²) in [4.78, 5) is 24.7. The van der Waals surface area contributed by atoms with Crippen LogP contribution >= 0.6 is 11.8 Å². The molecule has 2 rings (SSSR count). The van der Waals surface area contributed by atoms with Crippen molar-refractivity contribution in [1.82, 2.24) is 5.32 Å². The summed E-state index contributed by atoms with van der Waals surface area (Å²) in [5.41, 5.74) is 1.33. The highest BCUT2D eigenvalue weighted by Gasteiger charge is 2.18. The summed E-state index contributed by atoms with van der Waals surface area (Å²) in [6, 6.07) is 5.64. The molecule has 0 saturated heterocycles. The van der Waals surface area contributed by atoms with Crippen molar-refractivity contribution in [2.75, 3.05) is 11.1 Å². The summed E-state index contributed by atoms with van der Waals surface area (Å²) >= 11 is 1.50. The zero-order valence-corrected chi connectivity index (χ0v) is 14.3. The van der Waals surface area contributed by atoms with Gasteiger partial charge in [0, 0.05) is 16.5 Å². The van der Waals surface area contributed by atoms with Crippen molar-refractivity contribution in [3.63, 3.8) is 0 Å². The molecule has 22 heavy (non-hydrogen) atoms. The monoisotopic (exact) mass is 320 g/mol. The minimum absolute atomic E-state index is 0.0166. The van der Waals surface area contributed by atoms with Crippen molar-refractivity contribution < 1.29 is 9.59 Å². The molecular weight excluding hydrogens is 296 g/mol. The predicted octanol–water partition coefficient (Wildman–Crippen LogP) is 3.68. The van der Waals surface area contributed by atoms with Gasteiger partial charge in [0.1, 0.15) is 0 Å². The van der Waals surface area contributed by atoms with Gasteiger partial charge < -0.3 is 10.6 Å². The van der Waals surface area contributed by atoms with Crippen LogP contribution in [0.5, 0.6) is 0 Å². The van der Waals surface area contributed by atoms with E-state index < -0.39 is 0 Å². The second-order valence-electron chi connectivity index (χ2n) is 6.25. The second kappa shape index (κ2) is 7.68. The Morgan fingerprint density at radius 3 is 2.82 bits per heavy atom. The van der Waals surface area contributed by atoms with Crippen LogP contribution in [0.2, 0.25) is 0 Å². The molecule has 0 fully saturated rings. The van der Waals surface area contributed by atoms with Gasteiger partial charge >= 0.3 is 0 Å². The number of nitrogens with one attached hydrogen (secondary N) is 2. The van der Waals surface area contributed by atoms with E-state index in [9.17, 15) is 9.59 Å². The summed E-state index contributed by atoms with van der Waals surface area (Å²) in [5.74, 6) is 1.04. The van der Waals surface area contributed by atoms with Gasteiger partial charge in [-0.3, -0.25) is 9.59 Å². The fourth-order valence-electron chi connectivity index (χ4n) is 2.44. The number of fused-ring (bicyclic) bond motifs is 1. The second-order valence-corrected chi connectivity index (χ2v) is 7.26. The molecule has 0 aliphatic carbocycles. The summed E-state index contributed by atoms with van der Waals surface area (Å²) in [5, 5.41) is 5.84. The van der Waals surface area contributed by atoms with Crippen LogP contribution in [0.25, 0.3) is 0 Å². The number of thioether (sulfide) groups is 1. The van der Waals surface area contributed by atoms with Gasteiger partial charge in [-0.2, -0.15) is 0 Å². The van der Waals surface area contributed by atoms with Crippen LogP contribution in [0.1, 0.15) is 50.4 Å². The van der Waals surface area contributed by atoms with Gasteiger partial charge in [-0.1, -0.05) is 26.7 Å². The number of rotatable bonds is 6. The van der Waals surface area contributed by atoms with Crippen molar-refractivity contribution in [3.8, 4) is 0 Å². The quantitative estimate of drug-likeness (QED) is 0.840. The third-order valence-corrected chi connectivity index (χ3v) is 4.74. The van der Waals surface area contributed by atoms with E-state index in [4.69, 9.17) is 0 Å². The molecule has 1 aromatic carbocycles. The molecular formula is C17H24N2O2S. The van der Waals surface area contributed by atoms with E-state index in [0.29, 0.717) is 17.2 Å². The lowest BCUT2D eigenvalue weighted by Gasteiger charge is -2.18. The molecule has 1 heterocycles. The number of amides is 2. The van der Waals surface area contributed by atoms with E-state index in [1.807, 2.05) is 19.1 Å². The number of benzene rings is 1. The first-order valence-electron chi connectivity index (χ1n) is 7.83. The first-order valence-corrected chi connectivity index (χ1v) is 8.82. The molecule has 0 bridgehead atoms. The van der Waals surface area contributed by atoms with Crippen molar-refractivity contribution >= 4 is 29.3 Å². The van der Waals surface area contributed by atoms with Crippen LogP contribution in [0.3, 0.4) is 0 Å².